The number of nitrogens with zero attached hydrogens (tertiary/aromatic N) is 3. The zero-order chi connectivity index (χ0) is 10.5. The zero-order valence-electron chi connectivity index (χ0n) is 8.34. The van der Waals surface area contributed by atoms with Gasteiger partial charge in [0.15, 0.2) is 11.9 Å². The van der Waals surface area contributed by atoms with E-state index in [2.05, 4.69) is 21.6 Å². The number of benzene rings is 1. The minimum Gasteiger partial charge on any atom is -0.489 e. The molecule has 0 spiro atoms. The molecule has 0 unspecified atom stereocenters. The van der Waals surface area contributed by atoms with Crippen molar-refractivity contribution in [2.45, 2.75) is 6.92 Å². The average Bonchev–Trinajstić information content (AvgIpc) is 2.31. The van der Waals surface area contributed by atoms with E-state index in [9.17, 15) is 0 Å². The molecule has 0 N–H and O–H groups in total. The van der Waals surface area contributed by atoms with Gasteiger partial charge in [-0.3, -0.25) is 0 Å². The molecular weight excluding hydrogens is 190 g/mol. The summed E-state index contributed by atoms with van der Waals surface area (Å²) in [5, 5.41) is 11.1. The molecule has 0 bridgehead atoms. The van der Waals surface area contributed by atoms with Crippen LogP contribution in [0.15, 0.2) is 30.3 Å². The molecule has 2 aromatic rings. The molecule has 0 fully saturated rings. The highest BCUT2D eigenvalue weighted by Gasteiger charge is 2.08. The predicted octanol–water partition coefficient (Wildman–Crippen LogP) is 1.74. The van der Waals surface area contributed by atoms with Gasteiger partial charge in [0, 0.05) is 5.56 Å². The Labute approximate surface area is 87.9 Å². The minimum atomic E-state index is 0.540. The SMILES string of the molecule is CCOc1[c]nnnc1-c1ccccc1. The molecule has 15 heavy (non-hydrogen) atoms. The van der Waals surface area contributed by atoms with Crippen LogP contribution in [0.3, 0.4) is 0 Å². The number of hydrogen-bond donors (Lipinski definition) is 0. The first-order valence-electron chi connectivity index (χ1n) is 4.71. The summed E-state index contributed by atoms with van der Waals surface area (Å²) in [7, 11) is 0. The van der Waals surface area contributed by atoms with E-state index in [0.717, 1.165) is 5.56 Å². The van der Waals surface area contributed by atoms with E-state index >= 15 is 0 Å². The van der Waals surface area contributed by atoms with Crippen molar-refractivity contribution in [1.82, 2.24) is 15.4 Å². The van der Waals surface area contributed by atoms with Crippen molar-refractivity contribution in [1.29, 1.82) is 0 Å². The lowest BCUT2D eigenvalue weighted by Crippen LogP contribution is -1.99. The van der Waals surface area contributed by atoms with E-state index in [0.29, 0.717) is 18.1 Å². The molecule has 0 aliphatic heterocycles. The van der Waals surface area contributed by atoms with Crippen LogP contribution in [0.1, 0.15) is 6.92 Å². The summed E-state index contributed by atoms with van der Waals surface area (Å²) in [4.78, 5) is 0. The summed E-state index contributed by atoms with van der Waals surface area (Å²) in [6.07, 6.45) is 2.69. The maximum absolute atomic E-state index is 5.37. The molecule has 4 heteroatoms. The average molecular weight is 200 g/mol. The van der Waals surface area contributed by atoms with Crippen LogP contribution in [-0.4, -0.2) is 22.0 Å². The van der Waals surface area contributed by atoms with Gasteiger partial charge in [-0.05, 0) is 12.1 Å². The topological polar surface area (TPSA) is 47.9 Å². The van der Waals surface area contributed by atoms with Gasteiger partial charge in [0.05, 0.1) is 6.61 Å². The molecule has 2 rings (SSSR count). The number of hydrogen-bond acceptors (Lipinski definition) is 4. The van der Waals surface area contributed by atoms with Gasteiger partial charge in [0.1, 0.15) is 5.69 Å². The first-order valence-corrected chi connectivity index (χ1v) is 4.71. The van der Waals surface area contributed by atoms with Crippen molar-refractivity contribution in [2.75, 3.05) is 6.61 Å². The first-order chi connectivity index (χ1) is 7.42. The molecule has 75 valence electrons. The van der Waals surface area contributed by atoms with Gasteiger partial charge in [-0.15, -0.1) is 10.2 Å². The van der Waals surface area contributed by atoms with Crippen molar-refractivity contribution >= 4 is 0 Å². The third-order valence-electron chi connectivity index (χ3n) is 1.89. The molecule has 0 aliphatic carbocycles. The van der Waals surface area contributed by atoms with Gasteiger partial charge in [-0.25, -0.2) is 0 Å². The van der Waals surface area contributed by atoms with E-state index in [-0.39, 0.29) is 0 Å². The largest absolute Gasteiger partial charge is 0.489 e. The first kappa shape index (κ1) is 9.58. The Bertz CT molecular complexity index is 431. The predicted molar refractivity (Wildman–Crippen MR) is 55.3 cm³/mol. The fourth-order valence-electron chi connectivity index (χ4n) is 1.26. The van der Waals surface area contributed by atoms with Crippen LogP contribution in [0.5, 0.6) is 5.75 Å². The van der Waals surface area contributed by atoms with Gasteiger partial charge in [-0.2, -0.15) is 0 Å². The second kappa shape index (κ2) is 4.50. The molecule has 4 nitrogen and oxygen atoms in total. The lowest BCUT2D eigenvalue weighted by atomic mass is 10.1. The fraction of sp³-hybridized carbons (Fsp3) is 0.182. The van der Waals surface area contributed by atoms with Crippen LogP contribution in [0.25, 0.3) is 11.3 Å². The Morgan fingerprint density at radius 3 is 2.80 bits per heavy atom. The lowest BCUT2D eigenvalue weighted by molar-refractivity contribution is 0.336. The quantitative estimate of drug-likeness (QED) is 0.757. The summed E-state index contributed by atoms with van der Waals surface area (Å²) in [5.41, 5.74) is 1.62. The van der Waals surface area contributed by atoms with Crippen molar-refractivity contribution in [3.05, 3.63) is 36.5 Å². The number of aromatic nitrogens is 3. The smallest absolute Gasteiger partial charge is 0.177 e. The molecule has 1 radical (unpaired) electrons. The van der Waals surface area contributed by atoms with E-state index in [4.69, 9.17) is 4.74 Å². The highest BCUT2D eigenvalue weighted by molar-refractivity contribution is 5.64. The second-order valence-electron chi connectivity index (χ2n) is 2.88. The summed E-state index contributed by atoms with van der Waals surface area (Å²) >= 11 is 0. The van der Waals surface area contributed by atoms with Crippen LogP contribution in [0.4, 0.5) is 0 Å². The summed E-state index contributed by atoms with van der Waals surface area (Å²) in [6.45, 7) is 2.47. The molecular formula is C11H10N3O. The Hall–Kier alpha value is -1.97. The van der Waals surface area contributed by atoms with Crippen molar-refractivity contribution in [3.63, 3.8) is 0 Å². The third-order valence-corrected chi connectivity index (χ3v) is 1.89. The monoisotopic (exact) mass is 200 g/mol. The summed E-state index contributed by atoms with van der Waals surface area (Å²) < 4.78 is 5.37. The van der Waals surface area contributed by atoms with Crippen molar-refractivity contribution in [3.8, 4) is 17.0 Å². The highest BCUT2D eigenvalue weighted by Crippen LogP contribution is 2.24. The van der Waals surface area contributed by atoms with E-state index in [1.54, 1.807) is 0 Å². The van der Waals surface area contributed by atoms with Crippen LogP contribution < -0.4 is 4.74 Å². The van der Waals surface area contributed by atoms with Gasteiger partial charge < -0.3 is 4.74 Å². The fourth-order valence-corrected chi connectivity index (χ4v) is 1.26. The maximum atomic E-state index is 5.37. The number of rotatable bonds is 3. The van der Waals surface area contributed by atoms with Gasteiger partial charge >= 0.3 is 0 Å². The van der Waals surface area contributed by atoms with Crippen LogP contribution in [0, 0.1) is 6.20 Å². The summed E-state index contributed by atoms with van der Waals surface area (Å²) in [5.74, 6) is 0.540. The molecule has 0 saturated heterocycles. The van der Waals surface area contributed by atoms with Crippen LogP contribution in [-0.2, 0) is 0 Å². The lowest BCUT2D eigenvalue weighted by Gasteiger charge is -2.05. The second-order valence-corrected chi connectivity index (χ2v) is 2.88. The number of ether oxygens (including phenoxy) is 1. The van der Waals surface area contributed by atoms with Gasteiger partial charge in [-0.1, -0.05) is 30.3 Å². The van der Waals surface area contributed by atoms with Crippen molar-refractivity contribution in [2.24, 2.45) is 0 Å². The normalized spacial score (nSPS) is 9.93. The summed E-state index contributed by atoms with van der Waals surface area (Å²) in [6, 6.07) is 9.71. The maximum Gasteiger partial charge on any atom is 0.177 e. The van der Waals surface area contributed by atoms with Crippen LogP contribution >= 0.6 is 0 Å². The van der Waals surface area contributed by atoms with E-state index < -0.39 is 0 Å². The molecule has 0 saturated carbocycles. The molecule has 1 heterocycles. The Balaban J connectivity index is 2.43. The van der Waals surface area contributed by atoms with Gasteiger partial charge in [0.25, 0.3) is 0 Å². The van der Waals surface area contributed by atoms with E-state index in [1.165, 1.54) is 0 Å². The van der Waals surface area contributed by atoms with Crippen LogP contribution in [0.2, 0.25) is 0 Å². The van der Waals surface area contributed by atoms with Crippen molar-refractivity contribution < 1.29 is 4.74 Å². The molecule has 1 aromatic heterocycles. The highest BCUT2D eigenvalue weighted by atomic mass is 16.5. The third kappa shape index (κ3) is 2.10. The molecule has 0 amide bonds. The minimum absolute atomic E-state index is 0.540. The van der Waals surface area contributed by atoms with E-state index in [1.807, 2.05) is 37.3 Å². The Kier molecular flexibility index (Phi) is 2.88. The Morgan fingerprint density at radius 1 is 1.27 bits per heavy atom. The Morgan fingerprint density at radius 2 is 2.07 bits per heavy atom. The standard InChI is InChI=1S/C11H10N3O/c1-2-15-10-8-12-14-13-11(10)9-6-4-3-5-7-9/h3-7H,2H2,1H3. The molecule has 1 aromatic carbocycles. The molecule has 0 atom stereocenters. The zero-order valence-corrected chi connectivity index (χ0v) is 8.34. The molecule has 0 aliphatic rings. The van der Waals surface area contributed by atoms with Gasteiger partial charge in [0.2, 0.25) is 0 Å².